The van der Waals surface area contributed by atoms with E-state index < -0.39 is 5.25 Å². The first-order valence-electron chi connectivity index (χ1n) is 9.54. The topological polar surface area (TPSA) is 102 Å². The number of tetrazole rings is 1. The van der Waals surface area contributed by atoms with Crippen molar-refractivity contribution in [3.8, 4) is 0 Å². The number of carbonyl (C=O) groups excluding carboxylic acids is 2. The lowest BCUT2D eigenvalue weighted by molar-refractivity contribution is -0.123. The third kappa shape index (κ3) is 4.89. The van der Waals surface area contributed by atoms with E-state index in [1.165, 1.54) is 24.6 Å². The third-order valence-corrected chi connectivity index (χ3v) is 6.00. The van der Waals surface area contributed by atoms with Crippen LogP contribution in [0.3, 0.4) is 0 Å². The van der Waals surface area contributed by atoms with Crippen molar-refractivity contribution in [2.75, 3.05) is 11.9 Å². The molecule has 1 fully saturated rings. The van der Waals surface area contributed by atoms with E-state index in [4.69, 9.17) is 0 Å². The van der Waals surface area contributed by atoms with Gasteiger partial charge < -0.3 is 10.6 Å². The van der Waals surface area contributed by atoms with E-state index >= 15 is 0 Å². The highest BCUT2D eigenvalue weighted by molar-refractivity contribution is 8.00. The van der Waals surface area contributed by atoms with Crippen LogP contribution in [0.5, 0.6) is 0 Å². The molecule has 1 aromatic heterocycles. The molecule has 0 bridgehead atoms. The Hall–Kier alpha value is -2.42. The van der Waals surface area contributed by atoms with Crippen molar-refractivity contribution in [1.82, 2.24) is 25.5 Å². The van der Waals surface area contributed by atoms with Crippen molar-refractivity contribution < 1.29 is 9.59 Å². The molecule has 3 rings (SSSR count). The average Bonchev–Trinajstić information content (AvgIpc) is 3.34. The molecule has 2 aromatic rings. The van der Waals surface area contributed by atoms with Crippen LogP contribution in [0.2, 0.25) is 0 Å². The van der Waals surface area contributed by atoms with Crippen LogP contribution in [0.15, 0.2) is 23.4 Å². The Labute approximate surface area is 168 Å². The maximum Gasteiger partial charge on any atom is 0.243 e. The number of rotatable bonds is 7. The largest absolute Gasteiger partial charge is 0.346 e. The Morgan fingerprint density at radius 3 is 2.61 bits per heavy atom. The van der Waals surface area contributed by atoms with Crippen molar-refractivity contribution in [3.63, 3.8) is 0 Å². The van der Waals surface area contributed by atoms with Gasteiger partial charge in [0, 0.05) is 5.69 Å². The van der Waals surface area contributed by atoms with Crippen molar-refractivity contribution in [2.24, 2.45) is 0 Å². The fourth-order valence-electron chi connectivity index (χ4n) is 3.36. The van der Waals surface area contributed by atoms with Crippen LogP contribution in [0.1, 0.15) is 49.8 Å². The molecule has 1 atom stereocenters. The number of aromatic nitrogens is 4. The minimum Gasteiger partial charge on any atom is -0.346 e. The molecule has 0 unspecified atom stereocenters. The lowest BCUT2D eigenvalue weighted by Gasteiger charge is -2.15. The first-order chi connectivity index (χ1) is 13.5. The van der Waals surface area contributed by atoms with Gasteiger partial charge in [0.25, 0.3) is 0 Å². The second kappa shape index (κ2) is 9.18. The average molecular weight is 403 g/mol. The molecule has 0 spiro atoms. The highest BCUT2D eigenvalue weighted by Gasteiger charge is 2.24. The maximum atomic E-state index is 12.4. The standard InChI is InChI=1S/C19H26N6O2S/c1-12-7-6-8-13(2)17(12)21-16(26)11-20-18(27)14(3)28-19-22-23-24-25(19)15-9-4-5-10-15/h6-8,14-15H,4-5,9-11H2,1-3H3,(H,20,27)(H,21,26)/t14-/m1/s1. The second-order valence-corrected chi connectivity index (χ2v) is 8.45. The summed E-state index contributed by atoms with van der Waals surface area (Å²) in [5, 5.41) is 17.7. The highest BCUT2D eigenvalue weighted by Crippen LogP contribution is 2.32. The molecule has 9 heteroatoms. The van der Waals surface area contributed by atoms with Crippen molar-refractivity contribution in [1.29, 1.82) is 0 Å². The molecule has 8 nitrogen and oxygen atoms in total. The Morgan fingerprint density at radius 1 is 1.25 bits per heavy atom. The Bertz CT molecular complexity index is 826. The molecule has 2 N–H and O–H groups in total. The van der Waals surface area contributed by atoms with Gasteiger partial charge >= 0.3 is 0 Å². The van der Waals surface area contributed by atoms with E-state index in [9.17, 15) is 9.59 Å². The minimum atomic E-state index is -0.404. The highest BCUT2D eigenvalue weighted by atomic mass is 32.2. The van der Waals surface area contributed by atoms with Gasteiger partial charge in [0.2, 0.25) is 17.0 Å². The lowest BCUT2D eigenvalue weighted by Crippen LogP contribution is -2.37. The number of nitrogens with zero attached hydrogens (tertiary/aromatic N) is 4. The van der Waals surface area contributed by atoms with Crippen molar-refractivity contribution >= 4 is 29.3 Å². The molecule has 1 aromatic carbocycles. The molecular weight excluding hydrogens is 376 g/mol. The van der Waals surface area contributed by atoms with Crippen LogP contribution in [-0.2, 0) is 9.59 Å². The predicted octanol–water partition coefficient (Wildman–Crippen LogP) is 2.64. The van der Waals surface area contributed by atoms with Gasteiger partial charge in [0.05, 0.1) is 17.8 Å². The quantitative estimate of drug-likeness (QED) is 0.691. The van der Waals surface area contributed by atoms with Crippen LogP contribution in [0.25, 0.3) is 0 Å². The molecular formula is C19H26N6O2S. The first kappa shape index (κ1) is 20.3. The third-order valence-electron chi connectivity index (χ3n) is 4.95. The summed E-state index contributed by atoms with van der Waals surface area (Å²) < 4.78 is 1.83. The number of hydrogen-bond donors (Lipinski definition) is 2. The minimum absolute atomic E-state index is 0.0783. The zero-order valence-corrected chi connectivity index (χ0v) is 17.3. The number of aryl methyl sites for hydroxylation is 2. The molecule has 1 aliphatic rings. The van der Waals surface area contributed by atoms with Crippen LogP contribution < -0.4 is 10.6 Å². The molecule has 0 saturated heterocycles. The number of benzene rings is 1. The van der Waals surface area contributed by atoms with E-state index in [0.29, 0.717) is 11.2 Å². The smallest absolute Gasteiger partial charge is 0.243 e. The maximum absolute atomic E-state index is 12.4. The molecule has 28 heavy (non-hydrogen) atoms. The van der Waals surface area contributed by atoms with E-state index in [1.807, 2.05) is 36.7 Å². The summed E-state index contributed by atoms with van der Waals surface area (Å²) in [6.45, 7) is 5.59. The van der Waals surface area contributed by atoms with E-state index in [-0.39, 0.29) is 18.4 Å². The summed E-state index contributed by atoms with van der Waals surface area (Å²) in [6, 6.07) is 6.14. The molecule has 150 valence electrons. The molecule has 1 saturated carbocycles. The summed E-state index contributed by atoms with van der Waals surface area (Å²) in [4.78, 5) is 24.6. The molecule has 0 radical (unpaired) electrons. The number of hydrogen-bond acceptors (Lipinski definition) is 6. The number of thioether (sulfide) groups is 1. The van der Waals surface area contributed by atoms with Crippen LogP contribution in [0.4, 0.5) is 5.69 Å². The Balaban J connectivity index is 1.51. The summed E-state index contributed by atoms with van der Waals surface area (Å²) in [5.74, 6) is -0.471. The second-order valence-electron chi connectivity index (χ2n) is 7.14. The van der Waals surface area contributed by atoms with Crippen LogP contribution >= 0.6 is 11.8 Å². The number of para-hydroxylation sites is 1. The van der Waals surface area contributed by atoms with E-state index in [1.54, 1.807) is 6.92 Å². The molecule has 0 aliphatic heterocycles. The molecule has 2 amide bonds. The van der Waals surface area contributed by atoms with Gasteiger partial charge in [-0.1, -0.05) is 42.8 Å². The zero-order chi connectivity index (χ0) is 20.1. The lowest BCUT2D eigenvalue weighted by atomic mass is 10.1. The monoisotopic (exact) mass is 402 g/mol. The van der Waals surface area contributed by atoms with Gasteiger partial charge in [0.15, 0.2) is 0 Å². The summed E-state index contributed by atoms with van der Waals surface area (Å²) in [6.07, 6.45) is 4.50. The van der Waals surface area contributed by atoms with E-state index in [2.05, 4.69) is 26.2 Å². The number of anilines is 1. The van der Waals surface area contributed by atoms with E-state index in [0.717, 1.165) is 29.7 Å². The molecule has 1 aliphatic carbocycles. The Kier molecular flexibility index (Phi) is 6.66. The normalized spacial score (nSPS) is 15.4. The van der Waals surface area contributed by atoms with Crippen molar-refractivity contribution in [2.45, 2.75) is 62.9 Å². The summed E-state index contributed by atoms with van der Waals surface area (Å²) in [5.41, 5.74) is 2.77. The van der Waals surface area contributed by atoms with Crippen LogP contribution in [-0.4, -0.2) is 43.8 Å². The number of amides is 2. The van der Waals surface area contributed by atoms with Gasteiger partial charge in [-0.2, -0.15) is 0 Å². The number of carbonyl (C=O) groups is 2. The predicted molar refractivity (Wildman–Crippen MR) is 108 cm³/mol. The SMILES string of the molecule is Cc1cccc(C)c1NC(=O)CNC(=O)[C@@H](C)Sc1nnnn1C1CCCC1. The van der Waals surface area contributed by atoms with Crippen molar-refractivity contribution in [3.05, 3.63) is 29.3 Å². The van der Waals surface area contributed by atoms with Gasteiger partial charge in [-0.15, -0.1) is 5.10 Å². The Morgan fingerprint density at radius 2 is 1.93 bits per heavy atom. The first-order valence-corrected chi connectivity index (χ1v) is 10.4. The van der Waals surface area contributed by atoms with Gasteiger partial charge in [-0.05, 0) is 55.2 Å². The van der Waals surface area contributed by atoms with Gasteiger partial charge in [-0.3, -0.25) is 9.59 Å². The number of nitrogens with one attached hydrogen (secondary N) is 2. The van der Waals surface area contributed by atoms with Crippen LogP contribution in [0, 0.1) is 13.8 Å². The summed E-state index contributed by atoms with van der Waals surface area (Å²) >= 11 is 1.32. The van der Waals surface area contributed by atoms with Gasteiger partial charge in [-0.25, -0.2) is 4.68 Å². The fraction of sp³-hybridized carbons (Fsp3) is 0.526. The zero-order valence-electron chi connectivity index (χ0n) is 16.4. The summed E-state index contributed by atoms with van der Waals surface area (Å²) in [7, 11) is 0. The van der Waals surface area contributed by atoms with Gasteiger partial charge in [0.1, 0.15) is 0 Å². The molecule has 1 heterocycles. The fourth-order valence-corrected chi connectivity index (χ4v) is 4.24.